The summed E-state index contributed by atoms with van der Waals surface area (Å²) in [6.07, 6.45) is 4.76. The number of aromatic nitrogens is 6. The predicted octanol–water partition coefficient (Wildman–Crippen LogP) is 6.81. The molecule has 2 unspecified atom stereocenters. The summed E-state index contributed by atoms with van der Waals surface area (Å²) >= 11 is 0. The summed E-state index contributed by atoms with van der Waals surface area (Å²) in [5.41, 5.74) is 8.99. The Morgan fingerprint density at radius 1 is 0.629 bits per heavy atom. The number of carbonyl (C=O) groups excluding carboxylic acids is 2. The minimum Gasteiger partial charge on any atom is -0.465 e. The van der Waals surface area contributed by atoms with Crippen LogP contribution in [0, 0.1) is 11.5 Å². The Hall–Kier alpha value is -10.8. The Kier molecular flexibility index (Phi) is 18.8. The van der Waals surface area contributed by atoms with Gasteiger partial charge in [0.1, 0.15) is 35.5 Å². The zero-order valence-electron chi connectivity index (χ0n) is 54.3. The van der Waals surface area contributed by atoms with E-state index in [0.717, 1.165) is 39.7 Å². The van der Waals surface area contributed by atoms with Gasteiger partial charge in [-0.05, 0) is 124 Å². The first-order valence-corrected chi connectivity index (χ1v) is 33.2. The van der Waals surface area contributed by atoms with E-state index in [1.807, 2.05) is 133 Å². The van der Waals surface area contributed by atoms with Crippen molar-refractivity contribution in [3.05, 3.63) is 167 Å². The average Bonchev–Trinajstić information content (AvgIpc) is 0.723. The number of urea groups is 1. The van der Waals surface area contributed by atoms with Crippen LogP contribution >= 0.6 is 0 Å². The second kappa shape index (κ2) is 28.6. The van der Waals surface area contributed by atoms with Crippen molar-refractivity contribution in [2.75, 3.05) is 141 Å². The van der Waals surface area contributed by atoms with Crippen LogP contribution < -0.4 is 40.4 Å². The lowest BCUT2D eigenvalue weighted by Gasteiger charge is -2.53. The molecule has 4 saturated heterocycles. The smallest absolute Gasteiger partial charge is 0.409 e. The van der Waals surface area contributed by atoms with Gasteiger partial charge in [-0.25, -0.2) is 44.5 Å². The molecule has 0 aliphatic carbocycles. The van der Waals surface area contributed by atoms with Crippen molar-refractivity contribution >= 4 is 64.5 Å². The minimum atomic E-state index is -1.19. The number of benzene rings is 4. The maximum Gasteiger partial charge on any atom is 0.409 e. The van der Waals surface area contributed by atoms with Gasteiger partial charge in [0.05, 0.1) is 64.1 Å². The number of hydrogen-bond donors (Lipinski definition) is 4. The quantitative estimate of drug-likeness (QED) is 0.0494. The fourth-order valence-corrected chi connectivity index (χ4v) is 13.9. The summed E-state index contributed by atoms with van der Waals surface area (Å²) in [4.78, 5) is 97.9. The van der Waals surface area contributed by atoms with Crippen LogP contribution in [0.15, 0.2) is 143 Å². The minimum absolute atomic E-state index is 0.0614. The molecule has 0 saturated carbocycles. The number of amidine groups is 1. The number of rotatable bonds is 14. The van der Waals surface area contributed by atoms with Crippen molar-refractivity contribution in [3.8, 4) is 29.0 Å². The van der Waals surface area contributed by atoms with E-state index < -0.39 is 18.3 Å². The molecule has 0 spiro atoms. The third-order valence-corrected chi connectivity index (χ3v) is 18.5. The number of nitrogens with zero attached hydrogens (tertiary/aromatic N) is 17. The van der Waals surface area contributed by atoms with Gasteiger partial charge >= 0.3 is 12.1 Å². The molecule has 0 radical (unpaired) electrons. The van der Waals surface area contributed by atoms with E-state index in [9.17, 15) is 24.8 Å². The number of likely N-dealkylation sites (tertiary alicyclic amines) is 1. The molecule has 0 bridgehead atoms. The molecule has 4 fully saturated rings. The lowest BCUT2D eigenvalue weighted by Crippen LogP contribution is -2.69. The molecule has 498 valence electrons. The summed E-state index contributed by atoms with van der Waals surface area (Å²) in [6, 6.07) is 32.9. The molecule has 4 amide bonds. The Labute approximate surface area is 561 Å². The standard InChI is InChI=1S/C70H76N20O7/c1-3-72-68(76-45-71)90(52-21-15-47(16-22-52)60-79-57-44-87(67-74-26-8-27-75-67)29-24-54(57)63(81-60)84-33-39-96-40-34-84)65-58-55(25-30-88(65)70(93)94)64(85-35-41-97-42-36-85)82-61(48-11-17-50(18-12-48)77-69(92)73-4-2)89(58)51-19-13-46(14-20-51)59-78-56-43-86(66(91)49-9-6-5-7-10-49)28-23-53(56)62(80-59)83-31-37-95-38-32-83/h5-22,26-27,58,65H,3-4,23-25,28-44H2,1-2H3,(H,72,76)(H,93,94)(H2,73,77,92). The highest BCUT2D eigenvalue weighted by molar-refractivity contribution is 6.13. The molecule has 10 heterocycles. The number of guanidine groups is 1. The summed E-state index contributed by atoms with van der Waals surface area (Å²) in [6.45, 7) is 13.4. The largest absolute Gasteiger partial charge is 0.465 e. The molecular weight excluding hydrogens is 1230 g/mol. The number of morpholine rings is 3. The first kappa shape index (κ1) is 63.6. The number of nitriles is 1. The maximum atomic E-state index is 14.4. The van der Waals surface area contributed by atoms with Crippen molar-refractivity contribution in [2.45, 2.75) is 58.4 Å². The molecule has 27 nitrogen and oxygen atoms in total. The topological polar surface area (TPSA) is 287 Å². The first-order valence-electron chi connectivity index (χ1n) is 33.2. The fourth-order valence-electron chi connectivity index (χ4n) is 13.9. The molecule has 7 aromatic rings. The van der Waals surface area contributed by atoms with Crippen LogP contribution in [0.5, 0.6) is 0 Å². The SMILES string of the molecule is CCNC(=O)Nc1ccc(C2=NC(N3CCOCC3)=C3CCN(C(=O)O)C(N(/C(=N/C#N)NCC)c4ccc(-c5nc6c(c(N7CCOCC7)n5)CCN(c5ncccn5)C6)cc4)C3N2c2ccc(-c3nc4c(c(N5CCOCC5)n3)CCN(C(=O)c3ccccc3)C4)cc2)cc1. The van der Waals surface area contributed by atoms with Gasteiger partial charge in [-0.15, -0.1) is 4.99 Å². The second-order valence-corrected chi connectivity index (χ2v) is 24.3. The number of hydrogen-bond acceptors (Lipinski definition) is 20. The summed E-state index contributed by atoms with van der Waals surface area (Å²) < 4.78 is 17.6. The molecule has 97 heavy (non-hydrogen) atoms. The van der Waals surface area contributed by atoms with Crippen LogP contribution in [-0.4, -0.2) is 203 Å². The maximum absolute atomic E-state index is 14.4. The van der Waals surface area contributed by atoms with Crippen LogP contribution in [-0.2, 0) is 40.1 Å². The van der Waals surface area contributed by atoms with Gasteiger partial charge in [0.15, 0.2) is 11.6 Å². The van der Waals surface area contributed by atoms with Gasteiger partial charge in [0, 0.05) is 140 Å². The van der Waals surface area contributed by atoms with Crippen LogP contribution in [0.25, 0.3) is 22.8 Å². The highest BCUT2D eigenvalue weighted by atomic mass is 16.5. The van der Waals surface area contributed by atoms with E-state index in [2.05, 4.69) is 55.4 Å². The average molecular weight is 1310 g/mol. The summed E-state index contributed by atoms with van der Waals surface area (Å²) in [7, 11) is 0. The molecule has 4 N–H and O–H groups in total. The highest BCUT2D eigenvalue weighted by Gasteiger charge is 2.51. The lowest BCUT2D eigenvalue weighted by molar-refractivity contribution is 0.0510. The lowest BCUT2D eigenvalue weighted by atomic mass is 9.89. The van der Waals surface area contributed by atoms with E-state index in [-0.39, 0.29) is 24.4 Å². The Bertz CT molecular complexity index is 4160. The van der Waals surface area contributed by atoms with Crippen molar-refractivity contribution in [2.24, 2.45) is 9.98 Å². The first-order chi connectivity index (χ1) is 47.6. The zero-order valence-corrected chi connectivity index (χ0v) is 54.3. The predicted molar refractivity (Wildman–Crippen MR) is 366 cm³/mol. The van der Waals surface area contributed by atoms with Gasteiger partial charge in [0.2, 0.25) is 18.1 Å². The summed E-state index contributed by atoms with van der Waals surface area (Å²) in [5.74, 6) is 4.51. The third kappa shape index (κ3) is 13.2. The fraction of sp³-hybridized carbons (Fsp3) is 0.371. The third-order valence-electron chi connectivity index (χ3n) is 18.5. The number of ether oxygens (including phenoxy) is 3. The molecular formula is C70H76N20O7. The molecule has 14 rings (SSSR count). The normalized spacial score (nSPS) is 18.9. The van der Waals surface area contributed by atoms with Gasteiger partial charge in [-0.3, -0.25) is 14.6 Å². The number of aliphatic imine (C=N–C) groups is 2. The van der Waals surface area contributed by atoms with Crippen LogP contribution in [0.3, 0.4) is 0 Å². The number of nitrogens with one attached hydrogen (secondary N) is 3. The number of fused-ring (bicyclic) bond motifs is 3. The Balaban J connectivity index is 0.910. The zero-order chi connectivity index (χ0) is 66.4. The number of amides is 4. The molecule has 7 aliphatic rings. The van der Waals surface area contributed by atoms with Crippen molar-refractivity contribution in [1.29, 1.82) is 5.26 Å². The second-order valence-electron chi connectivity index (χ2n) is 24.3. The molecule has 3 aromatic heterocycles. The van der Waals surface area contributed by atoms with Gasteiger partial charge in [-0.2, -0.15) is 5.26 Å². The van der Waals surface area contributed by atoms with Crippen molar-refractivity contribution < 1.29 is 33.7 Å². The van der Waals surface area contributed by atoms with Gasteiger partial charge in [0.25, 0.3) is 5.91 Å². The number of carbonyl (C=O) groups is 3. The van der Waals surface area contributed by atoms with Gasteiger partial charge in [-0.1, -0.05) is 18.2 Å². The molecule has 4 aromatic carbocycles. The van der Waals surface area contributed by atoms with E-state index in [0.29, 0.717) is 206 Å². The monoisotopic (exact) mass is 1310 g/mol. The van der Waals surface area contributed by atoms with E-state index in [4.69, 9.17) is 39.1 Å². The Morgan fingerprint density at radius 2 is 1.21 bits per heavy atom. The number of anilines is 6. The number of carboxylic acid groups (broad SMARTS) is 1. The highest BCUT2D eigenvalue weighted by Crippen LogP contribution is 2.43. The van der Waals surface area contributed by atoms with Crippen LogP contribution in [0.2, 0.25) is 0 Å². The number of piperidine rings is 1. The van der Waals surface area contributed by atoms with Crippen LogP contribution in [0.4, 0.5) is 44.2 Å². The molecule has 2 atom stereocenters. The van der Waals surface area contributed by atoms with E-state index in [1.54, 1.807) is 18.5 Å². The van der Waals surface area contributed by atoms with E-state index >= 15 is 0 Å². The van der Waals surface area contributed by atoms with E-state index in [1.165, 1.54) is 4.90 Å². The van der Waals surface area contributed by atoms with Crippen molar-refractivity contribution in [3.63, 3.8) is 0 Å². The molecule has 7 aliphatic heterocycles. The molecule has 27 heteroatoms. The van der Waals surface area contributed by atoms with Crippen molar-refractivity contribution in [1.82, 2.24) is 55.2 Å². The summed E-state index contributed by atoms with van der Waals surface area (Å²) in [5, 5.41) is 31.6. The van der Waals surface area contributed by atoms with Gasteiger partial charge < -0.3 is 64.7 Å². The Morgan fingerprint density at radius 3 is 1.80 bits per heavy atom. The van der Waals surface area contributed by atoms with Crippen LogP contribution in [0.1, 0.15) is 58.7 Å².